The quantitative estimate of drug-likeness (QED) is 0.547. The molecule has 1 saturated carbocycles. The minimum absolute atomic E-state index is 0.0374. The van der Waals surface area contributed by atoms with Crippen molar-refractivity contribution in [1.82, 2.24) is 24.7 Å². The molecule has 4 aromatic heterocycles. The maximum Gasteiger partial charge on any atom is 0.123 e. The molecule has 150 valence electrons. The molecule has 0 aliphatic heterocycles. The van der Waals surface area contributed by atoms with Gasteiger partial charge in [0.05, 0.1) is 41.2 Å². The van der Waals surface area contributed by atoms with Crippen LogP contribution in [0.2, 0.25) is 0 Å². The van der Waals surface area contributed by atoms with E-state index in [4.69, 9.17) is 15.8 Å². The van der Waals surface area contributed by atoms with Gasteiger partial charge in [0.1, 0.15) is 17.2 Å². The van der Waals surface area contributed by atoms with Crippen molar-refractivity contribution >= 4 is 16.7 Å². The molecule has 0 aromatic carbocycles. The van der Waals surface area contributed by atoms with E-state index in [1.54, 1.807) is 18.5 Å². The van der Waals surface area contributed by atoms with Crippen LogP contribution < -0.4 is 5.73 Å². The minimum Gasteiger partial charge on any atom is -0.384 e. The molecule has 31 heavy (non-hydrogen) atoms. The Morgan fingerprint density at radius 2 is 1.97 bits per heavy atom. The van der Waals surface area contributed by atoms with E-state index in [-0.39, 0.29) is 5.92 Å². The first-order valence-corrected chi connectivity index (χ1v) is 9.93. The Bertz CT molecular complexity index is 1370. The maximum absolute atomic E-state index is 9.33. The lowest BCUT2D eigenvalue weighted by Crippen LogP contribution is -2.46. The average Bonchev–Trinajstić information content (AvgIpc) is 3.25. The average molecular weight is 406 g/mol. The molecule has 0 bridgehead atoms. The molecule has 0 unspecified atom stereocenters. The van der Waals surface area contributed by atoms with E-state index in [1.807, 2.05) is 41.2 Å². The van der Waals surface area contributed by atoms with Crippen LogP contribution in [0.25, 0.3) is 33.5 Å². The van der Waals surface area contributed by atoms with E-state index in [0.717, 1.165) is 22.2 Å². The third kappa shape index (κ3) is 3.15. The summed E-state index contributed by atoms with van der Waals surface area (Å²) in [5.74, 6) is 0.381. The van der Waals surface area contributed by atoms with E-state index in [1.165, 1.54) is 0 Å². The van der Waals surface area contributed by atoms with Crippen molar-refractivity contribution in [2.45, 2.75) is 24.8 Å². The normalized spacial score (nSPS) is 20.0. The van der Waals surface area contributed by atoms with Crippen LogP contribution in [0.4, 0.5) is 5.82 Å². The summed E-state index contributed by atoms with van der Waals surface area (Å²) < 4.78 is 1.83. The van der Waals surface area contributed by atoms with Crippen LogP contribution in [-0.4, -0.2) is 24.7 Å². The fraction of sp³-hybridized carbons (Fsp3) is 0.217. The number of pyridine rings is 3. The number of nitriles is 2. The molecule has 1 aliphatic rings. The number of nitrogens with zero attached hydrogens (tertiary/aromatic N) is 7. The first kappa shape index (κ1) is 18.7. The summed E-state index contributed by atoms with van der Waals surface area (Å²) >= 11 is 0. The molecule has 1 aliphatic carbocycles. The third-order valence-electron chi connectivity index (χ3n) is 5.84. The Morgan fingerprint density at radius 3 is 2.74 bits per heavy atom. The standard InChI is InChI=1S/C23H18N8/c24-6-5-23(12-15(13-23)14-25)31-9-4-18(30-31)22-17-2-1-7-27-20(17)11-19(29-22)16-3-8-28-21(26)10-16/h1-4,7-11,15H,5,12-13H2,(H2,26,28)/t15-,23+. The Hall–Kier alpha value is -4.30. The number of rotatable bonds is 4. The molecule has 0 spiro atoms. The van der Waals surface area contributed by atoms with Crippen LogP contribution in [0, 0.1) is 28.6 Å². The van der Waals surface area contributed by atoms with Gasteiger partial charge in [-0.25, -0.2) is 9.97 Å². The SMILES string of the molecule is N#CC[C@]1(n2ccc(-c3nc(-c4ccnc(N)c4)cc4ncccc34)n2)C[C@@H](C#N)C1. The van der Waals surface area contributed by atoms with Gasteiger partial charge in [-0.05, 0) is 49.2 Å². The zero-order valence-corrected chi connectivity index (χ0v) is 16.6. The summed E-state index contributed by atoms with van der Waals surface area (Å²) in [6.07, 6.45) is 6.85. The molecule has 0 atom stereocenters. The fourth-order valence-electron chi connectivity index (χ4n) is 4.25. The van der Waals surface area contributed by atoms with Crippen molar-refractivity contribution in [3.05, 3.63) is 55.0 Å². The summed E-state index contributed by atoms with van der Waals surface area (Å²) in [5, 5.41) is 24.2. The van der Waals surface area contributed by atoms with E-state index >= 15 is 0 Å². The van der Waals surface area contributed by atoms with Gasteiger partial charge in [0.2, 0.25) is 0 Å². The lowest BCUT2D eigenvalue weighted by atomic mass is 9.67. The van der Waals surface area contributed by atoms with Gasteiger partial charge in [-0.2, -0.15) is 15.6 Å². The van der Waals surface area contributed by atoms with Crippen molar-refractivity contribution in [2.75, 3.05) is 5.73 Å². The predicted octanol–water partition coefficient (Wildman–Crippen LogP) is 3.68. The van der Waals surface area contributed by atoms with Crippen LogP contribution in [0.15, 0.2) is 55.0 Å². The highest BCUT2D eigenvalue weighted by Gasteiger charge is 2.46. The van der Waals surface area contributed by atoms with Gasteiger partial charge in [-0.3, -0.25) is 9.67 Å². The van der Waals surface area contributed by atoms with Crippen LogP contribution in [-0.2, 0) is 5.54 Å². The van der Waals surface area contributed by atoms with E-state index in [0.29, 0.717) is 36.5 Å². The molecule has 8 heteroatoms. The van der Waals surface area contributed by atoms with E-state index in [2.05, 4.69) is 22.1 Å². The smallest absolute Gasteiger partial charge is 0.123 e. The Kier molecular flexibility index (Phi) is 4.34. The summed E-state index contributed by atoms with van der Waals surface area (Å²) in [5.41, 5.74) is 9.20. The second-order valence-electron chi connectivity index (χ2n) is 7.83. The second kappa shape index (κ2) is 7.19. The molecule has 1 fully saturated rings. The van der Waals surface area contributed by atoms with Gasteiger partial charge >= 0.3 is 0 Å². The number of anilines is 1. The van der Waals surface area contributed by atoms with Crippen molar-refractivity contribution in [2.24, 2.45) is 5.92 Å². The van der Waals surface area contributed by atoms with Crippen LogP contribution in [0.5, 0.6) is 0 Å². The topological polar surface area (TPSA) is 130 Å². The Labute approximate surface area is 178 Å². The Morgan fingerprint density at radius 1 is 1.10 bits per heavy atom. The fourth-order valence-corrected chi connectivity index (χ4v) is 4.25. The molecule has 4 aromatic rings. The molecule has 0 amide bonds. The van der Waals surface area contributed by atoms with Gasteiger partial charge < -0.3 is 5.73 Å². The van der Waals surface area contributed by atoms with Gasteiger partial charge in [-0.1, -0.05) is 0 Å². The first-order chi connectivity index (χ1) is 15.1. The van der Waals surface area contributed by atoms with Crippen molar-refractivity contribution in [3.63, 3.8) is 0 Å². The summed E-state index contributed by atoms with van der Waals surface area (Å²) in [6, 6.07) is 15.8. The number of hydrogen-bond acceptors (Lipinski definition) is 7. The highest BCUT2D eigenvalue weighted by Crippen LogP contribution is 2.46. The molecule has 5 rings (SSSR count). The van der Waals surface area contributed by atoms with Crippen molar-refractivity contribution < 1.29 is 0 Å². The number of fused-ring (bicyclic) bond motifs is 1. The second-order valence-corrected chi connectivity index (χ2v) is 7.83. The highest BCUT2D eigenvalue weighted by atomic mass is 15.3. The van der Waals surface area contributed by atoms with Gasteiger partial charge in [0.25, 0.3) is 0 Å². The number of nitrogen functional groups attached to an aromatic ring is 1. The highest BCUT2D eigenvalue weighted by molar-refractivity contribution is 5.93. The molecular weight excluding hydrogens is 388 g/mol. The van der Waals surface area contributed by atoms with Gasteiger partial charge in [0.15, 0.2) is 0 Å². The molecular formula is C23H18N8. The molecule has 0 saturated heterocycles. The zero-order chi connectivity index (χ0) is 21.4. The first-order valence-electron chi connectivity index (χ1n) is 9.93. The molecule has 4 heterocycles. The van der Waals surface area contributed by atoms with Gasteiger partial charge in [-0.15, -0.1) is 0 Å². The largest absolute Gasteiger partial charge is 0.384 e. The summed E-state index contributed by atoms with van der Waals surface area (Å²) in [7, 11) is 0. The van der Waals surface area contributed by atoms with E-state index < -0.39 is 5.54 Å². The zero-order valence-electron chi connectivity index (χ0n) is 16.6. The predicted molar refractivity (Wildman–Crippen MR) is 115 cm³/mol. The van der Waals surface area contributed by atoms with Crippen molar-refractivity contribution in [3.8, 4) is 34.8 Å². The monoisotopic (exact) mass is 406 g/mol. The van der Waals surface area contributed by atoms with Crippen LogP contribution in [0.1, 0.15) is 19.3 Å². The summed E-state index contributed by atoms with van der Waals surface area (Å²) in [6.45, 7) is 0. The lowest BCUT2D eigenvalue weighted by Gasteiger charge is -2.43. The molecule has 2 N–H and O–H groups in total. The van der Waals surface area contributed by atoms with Crippen molar-refractivity contribution in [1.29, 1.82) is 10.5 Å². The van der Waals surface area contributed by atoms with E-state index in [9.17, 15) is 10.5 Å². The van der Waals surface area contributed by atoms with Gasteiger partial charge in [0, 0.05) is 29.5 Å². The van der Waals surface area contributed by atoms with Crippen LogP contribution in [0.3, 0.4) is 0 Å². The maximum atomic E-state index is 9.33. The number of aromatic nitrogens is 5. The molecule has 0 radical (unpaired) electrons. The minimum atomic E-state index is -0.432. The molecule has 8 nitrogen and oxygen atoms in total. The summed E-state index contributed by atoms with van der Waals surface area (Å²) in [4.78, 5) is 13.4. The Balaban J connectivity index is 1.63. The number of hydrogen-bond donors (Lipinski definition) is 1. The lowest BCUT2D eigenvalue weighted by molar-refractivity contribution is 0.0884. The van der Waals surface area contributed by atoms with Crippen LogP contribution >= 0.6 is 0 Å². The third-order valence-corrected chi connectivity index (χ3v) is 5.84. The number of nitrogens with two attached hydrogens (primary N) is 1.